The summed E-state index contributed by atoms with van der Waals surface area (Å²) in [4.78, 5) is 12.9. The van der Waals surface area contributed by atoms with E-state index in [0.717, 1.165) is 5.69 Å². The summed E-state index contributed by atoms with van der Waals surface area (Å²) in [6.45, 7) is 9.89. The lowest BCUT2D eigenvalue weighted by Gasteiger charge is -2.23. The van der Waals surface area contributed by atoms with Crippen molar-refractivity contribution in [3.8, 4) is 0 Å². The Bertz CT molecular complexity index is 450. The molecule has 5 heteroatoms. The van der Waals surface area contributed by atoms with Gasteiger partial charge in [0, 0.05) is 15.3 Å². The highest BCUT2D eigenvalue weighted by molar-refractivity contribution is 8.00. The molecule has 0 bridgehead atoms. The molecule has 112 valence electrons. The number of aliphatic hydroxyl groups is 1. The van der Waals surface area contributed by atoms with Crippen LogP contribution >= 0.6 is 11.8 Å². The monoisotopic (exact) mass is 296 g/mol. The summed E-state index contributed by atoms with van der Waals surface area (Å²) in [5.74, 6) is 0. The van der Waals surface area contributed by atoms with Gasteiger partial charge in [-0.15, -0.1) is 11.8 Å². The fraction of sp³-hybridized carbons (Fsp3) is 0.533. The number of hydrogen-bond acceptors (Lipinski definition) is 3. The quantitative estimate of drug-likeness (QED) is 0.746. The van der Waals surface area contributed by atoms with Crippen molar-refractivity contribution in [1.29, 1.82) is 0 Å². The molecule has 20 heavy (non-hydrogen) atoms. The van der Waals surface area contributed by atoms with Crippen molar-refractivity contribution in [3.05, 3.63) is 24.3 Å². The topological polar surface area (TPSA) is 61.4 Å². The number of benzene rings is 1. The number of carbonyl (C=O) groups is 1. The summed E-state index contributed by atoms with van der Waals surface area (Å²) in [5, 5.41) is 14.6. The van der Waals surface area contributed by atoms with Crippen LogP contribution in [-0.2, 0) is 0 Å². The molecule has 0 spiro atoms. The van der Waals surface area contributed by atoms with Crippen molar-refractivity contribution in [2.75, 3.05) is 11.9 Å². The molecule has 0 radical (unpaired) electrons. The average molecular weight is 296 g/mol. The molecule has 1 rings (SSSR count). The molecule has 4 nitrogen and oxygen atoms in total. The van der Waals surface area contributed by atoms with Gasteiger partial charge < -0.3 is 15.7 Å². The standard InChI is InChI=1S/C15H24N2O2S/c1-14(2,3)20-12-8-6-11(7-9-12)16-13(19)17-15(4,5)10-18/h6-9,18H,10H2,1-5H3,(H2,16,17,19). The third kappa shape index (κ3) is 6.30. The van der Waals surface area contributed by atoms with E-state index in [1.807, 2.05) is 24.3 Å². The molecule has 0 unspecified atom stereocenters. The van der Waals surface area contributed by atoms with Gasteiger partial charge in [0.25, 0.3) is 0 Å². The smallest absolute Gasteiger partial charge is 0.319 e. The highest BCUT2D eigenvalue weighted by atomic mass is 32.2. The SMILES string of the molecule is CC(C)(CO)NC(=O)Nc1ccc(SC(C)(C)C)cc1. The predicted molar refractivity (Wildman–Crippen MR) is 85.4 cm³/mol. The Morgan fingerprint density at radius 2 is 1.70 bits per heavy atom. The summed E-state index contributed by atoms with van der Waals surface area (Å²) < 4.78 is 0.164. The van der Waals surface area contributed by atoms with E-state index >= 15 is 0 Å². The first-order valence-electron chi connectivity index (χ1n) is 6.60. The lowest BCUT2D eigenvalue weighted by Crippen LogP contribution is -2.48. The first-order valence-corrected chi connectivity index (χ1v) is 7.42. The maximum atomic E-state index is 11.8. The first kappa shape index (κ1) is 16.9. The van der Waals surface area contributed by atoms with Crippen LogP contribution in [-0.4, -0.2) is 28.0 Å². The lowest BCUT2D eigenvalue weighted by molar-refractivity contribution is 0.187. The molecule has 3 N–H and O–H groups in total. The van der Waals surface area contributed by atoms with Crippen LogP contribution in [0.25, 0.3) is 0 Å². The zero-order chi connectivity index (χ0) is 15.4. The van der Waals surface area contributed by atoms with Crippen LogP contribution in [0.3, 0.4) is 0 Å². The molecule has 0 aliphatic rings. The molecular formula is C15H24N2O2S. The minimum absolute atomic E-state index is 0.110. The van der Waals surface area contributed by atoms with Crippen LogP contribution < -0.4 is 10.6 Å². The van der Waals surface area contributed by atoms with Crippen LogP contribution in [0.4, 0.5) is 10.5 Å². The van der Waals surface area contributed by atoms with Crippen LogP contribution in [0, 0.1) is 0 Å². The fourth-order valence-corrected chi connectivity index (χ4v) is 2.45. The van der Waals surface area contributed by atoms with Crippen molar-refractivity contribution in [3.63, 3.8) is 0 Å². The van der Waals surface area contributed by atoms with E-state index in [1.165, 1.54) is 4.90 Å². The van der Waals surface area contributed by atoms with Gasteiger partial charge in [-0.3, -0.25) is 0 Å². The molecule has 0 saturated carbocycles. The van der Waals surface area contributed by atoms with Crippen LogP contribution in [0.5, 0.6) is 0 Å². The predicted octanol–water partition coefficient (Wildman–Crippen LogP) is 3.47. The Balaban J connectivity index is 2.60. The molecule has 0 atom stereocenters. The second-order valence-corrected chi connectivity index (χ2v) is 8.26. The normalized spacial score (nSPS) is 12.1. The van der Waals surface area contributed by atoms with E-state index in [4.69, 9.17) is 5.11 Å². The van der Waals surface area contributed by atoms with E-state index in [9.17, 15) is 4.79 Å². The molecular weight excluding hydrogens is 272 g/mol. The maximum Gasteiger partial charge on any atom is 0.319 e. The van der Waals surface area contributed by atoms with Gasteiger partial charge in [-0.05, 0) is 38.1 Å². The first-order chi connectivity index (χ1) is 9.11. The van der Waals surface area contributed by atoms with Gasteiger partial charge in [0.15, 0.2) is 0 Å². The number of nitrogens with one attached hydrogen (secondary N) is 2. The van der Waals surface area contributed by atoms with Gasteiger partial charge in [0.2, 0.25) is 0 Å². The third-order valence-electron chi connectivity index (χ3n) is 2.38. The minimum Gasteiger partial charge on any atom is -0.394 e. The Kier molecular flexibility index (Phi) is 5.48. The van der Waals surface area contributed by atoms with Crippen molar-refractivity contribution in [1.82, 2.24) is 5.32 Å². The zero-order valence-electron chi connectivity index (χ0n) is 12.8. The summed E-state index contributed by atoms with van der Waals surface area (Å²) in [7, 11) is 0. The van der Waals surface area contributed by atoms with E-state index in [2.05, 4.69) is 31.4 Å². The Hall–Kier alpha value is -1.20. The van der Waals surface area contributed by atoms with Gasteiger partial charge in [-0.25, -0.2) is 4.79 Å². The van der Waals surface area contributed by atoms with Gasteiger partial charge in [-0.2, -0.15) is 0 Å². The molecule has 0 aliphatic carbocycles. The van der Waals surface area contributed by atoms with Gasteiger partial charge in [0.05, 0.1) is 12.1 Å². The number of amides is 2. The molecule has 0 aliphatic heterocycles. The molecule has 0 heterocycles. The van der Waals surface area contributed by atoms with E-state index in [0.29, 0.717) is 0 Å². The lowest BCUT2D eigenvalue weighted by atomic mass is 10.1. The molecule has 0 aromatic heterocycles. The van der Waals surface area contributed by atoms with E-state index < -0.39 is 5.54 Å². The summed E-state index contributed by atoms with van der Waals surface area (Å²) in [6, 6.07) is 7.41. The number of aliphatic hydroxyl groups excluding tert-OH is 1. The van der Waals surface area contributed by atoms with Gasteiger partial charge in [-0.1, -0.05) is 20.8 Å². The second kappa shape index (κ2) is 6.50. The van der Waals surface area contributed by atoms with Crippen molar-refractivity contribution in [2.45, 2.75) is 49.8 Å². The number of hydrogen-bond donors (Lipinski definition) is 3. The highest BCUT2D eigenvalue weighted by Gasteiger charge is 2.19. The number of carbonyl (C=O) groups excluding carboxylic acids is 1. The maximum absolute atomic E-state index is 11.8. The van der Waals surface area contributed by atoms with Crippen molar-refractivity contribution in [2.24, 2.45) is 0 Å². The molecule has 1 aromatic rings. The summed E-state index contributed by atoms with van der Waals surface area (Å²) >= 11 is 1.78. The Morgan fingerprint density at radius 1 is 1.15 bits per heavy atom. The van der Waals surface area contributed by atoms with E-state index in [1.54, 1.807) is 25.6 Å². The van der Waals surface area contributed by atoms with Crippen LogP contribution in [0.15, 0.2) is 29.2 Å². The third-order valence-corrected chi connectivity index (χ3v) is 3.50. The molecule has 2 amide bonds. The average Bonchev–Trinajstić information content (AvgIpc) is 2.29. The van der Waals surface area contributed by atoms with Gasteiger partial charge >= 0.3 is 6.03 Å². The van der Waals surface area contributed by atoms with Crippen LogP contribution in [0.2, 0.25) is 0 Å². The second-order valence-electron chi connectivity index (χ2n) is 6.36. The number of thioether (sulfide) groups is 1. The summed E-state index contributed by atoms with van der Waals surface area (Å²) in [6.07, 6.45) is 0. The summed E-state index contributed by atoms with van der Waals surface area (Å²) in [5.41, 5.74) is 0.0982. The largest absolute Gasteiger partial charge is 0.394 e. The molecule has 0 fully saturated rings. The Labute approximate surface area is 125 Å². The Morgan fingerprint density at radius 3 is 2.15 bits per heavy atom. The number of urea groups is 1. The zero-order valence-corrected chi connectivity index (χ0v) is 13.6. The number of rotatable bonds is 4. The molecule has 1 aromatic carbocycles. The van der Waals surface area contributed by atoms with Gasteiger partial charge in [0.1, 0.15) is 0 Å². The highest BCUT2D eigenvalue weighted by Crippen LogP contribution is 2.32. The van der Waals surface area contributed by atoms with Crippen LogP contribution in [0.1, 0.15) is 34.6 Å². The fourth-order valence-electron chi connectivity index (χ4n) is 1.47. The van der Waals surface area contributed by atoms with Crippen molar-refractivity contribution >= 4 is 23.5 Å². The number of anilines is 1. The van der Waals surface area contributed by atoms with Crippen molar-refractivity contribution < 1.29 is 9.90 Å². The minimum atomic E-state index is -0.633. The van der Waals surface area contributed by atoms with E-state index in [-0.39, 0.29) is 17.4 Å². The molecule has 0 saturated heterocycles.